The zero-order valence-electron chi connectivity index (χ0n) is 6.20. The van der Waals surface area contributed by atoms with Gasteiger partial charge < -0.3 is 59.2 Å². The standard InChI is InChI=1S/5CN.Fe.HI.Zn/c5*1-2;;;/h;;;;;;1H;/q5*-1;+3;;+2. The molecule has 0 aliphatic carbocycles. The maximum Gasteiger partial charge on any atom is 3.00 e. The molecule has 0 rings (SSSR count). The number of nitrogens with zero attached hydrogens (tertiary/aromatic N) is 5. The summed E-state index contributed by atoms with van der Waals surface area (Å²) in [6.07, 6.45) is 0. The monoisotopic (exact) mass is 378 g/mol. The summed E-state index contributed by atoms with van der Waals surface area (Å²) in [4.78, 5) is 0. The van der Waals surface area contributed by atoms with Crippen molar-refractivity contribution < 1.29 is 36.5 Å². The van der Waals surface area contributed by atoms with Gasteiger partial charge in [-0.1, -0.05) is 0 Å². The Morgan fingerprint density at radius 3 is 0.462 bits per heavy atom. The number of rotatable bonds is 0. The fraction of sp³-hybridized carbons (Fsp3) is 0. The molecule has 0 aromatic carbocycles. The first-order chi connectivity index (χ1) is 5.00. The predicted molar refractivity (Wildman–Crippen MR) is 40.3 cm³/mol. The quantitative estimate of drug-likeness (QED) is 0.355. The minimum atomic E-state index is 0. The van der Waals surface area contributed by atoms with Crippen LogP contribution in [-0.2, 0) is 36.5 Å². The number of halogens is 1. The molecule has 0 N–H and O–H groups in total. The molecular weight excluding hydrogens is 378 g/mol. The minimum absolute atomic E-state index is 0. The van der Waals surface area contributed by atoms with Gasteiger partial charge in [0.25, 0.3) is 0 Å². The summed E-state index contributed by atoms with van der Waals surface area (Å²) in [6, 6.07) is 0. The molecule has 0 aliphatic rings. The molecule has 0 aromatic rings. The Bertz CT molecular complexity index is 83.5. The fourth-order valence-corrected chi connectivity index (χ4v) is 0. The Labute approximate surface area is 119 Å². The molecule has 63 valence electrons. The molecule has 0 spiro atoms. The van der Waals surface area contributed by atoms with E-state index < -0.39 is 0 Å². The summed E-state index contributed by atoms with van der Waals surface area (Å²) in [7, 11) is 0. The van der Waals surface area contributed by atoms with E-state index in [1.54, 1.807) is 0 Å². The zero-order valence-corrected chi connectivity index (χ0v) is 12.6. The van der Waals surface area contributed by atoms with Gasteiger partial charge in [-0.2, -0.15) is 0 Å². The van der Waals surface area contributed by atoms with Gasteiger partial charge in [0.15, 0.2) is 0 Å². The summed E-state index contributed by atoms with van der Waals surface area (Å²) < 4.78 is 0. The Hall–Kier alpha value is -0.677. The topological polar surface area (TPSA) is 119 Å². The summed E-state index contributed by atoms with van der Waals surface area (Å²) in [5.74, 6) is 0. The molecular formula is C5HFeIN5Zn. The Morgan fingerprint density at radius 2 is 0.462 bits per heavy atom. The molecule has 0 saturated carbocycles. The average molecular weight is 379 g/mol. The van der Waals surface area contributed by atoms with Crippen molar-refractivity contribution in [3.63, 3.8) is 0 Å². The van der Waals surface area contributed by atoms with E-state index in [2.05, 4.69) is 0 Å². The molecule has 0 amide bonds. The van der Waals surface area contributed by atoms with Crippen LogP contribution in [-0.4, -0.2) is 0 Å². The zero-order chi connectivity index (χ0) is 10.0. The maximum absolute atomic E-state index is 6.25. The van der Waals surface area contributed by atoms with Gasteiger partial charge in [0.2, 0.25) is 0 Å². The molecule has 5 nitrogen and oxygen atoms in total. The van der Waals surface area contributed by atoms with Gasteiger partial charge in [-0.3, -0.25) is 0 Å². The van der Waals surface area contributed by atoms with Crippen molar-refractivity contribution in [1.82, 2.24) is 0 Å². The van der Waals surface area contributed by atoms with Gasteiger partial charge >= 0.3 is 36.5 Å². The van der Waals surface area contributed by atoms with Crippen molar-refractivity contribution in [3.8, 4) is 0 Å². The van der Waals surface area contributed by atoms with Crippen molar-refractivity contribution in [1.29, 1.82) is 26.3 Å². The molecule has 0 atom stereocenters. The summed E-state index contributed by atoms with van der Waals surface area (Å²) in [5.41, 5.74) is 0. The van der Waals surface area contributed by atoms with E-state index in [0.29, 0.717) is 0 Å². The van der Waals surface area contributed by atoms with Gasteiger partial charge in [0.1, 0.15) is 0 Å². The van der Waals surface area contributed by atoms with Gasteiger partial charge in [-0.15, -0.1) is 24.0 Å². The molecule has 0 fully saturated rings. The van der Waals surface area contributed by atoms with E-state index in [1.807, 2.05) is 0 Å². The predicted octanol–water partition coefficient (Wildman–Crippen LogP) is 1.09. The van der Waals surface area contributed by atoms with Crippen molar-refractivity contribution in [3.05, 3.63) is 32.9 Å². The van der Waals surface area contributed by atoms with Crippen molar-refractivity contribution in [2.24, 2.45) is 0 Å². The molecule has 0 saturated heterocycles. The summed E-state index contributed by atoms with van der Waals surface area (Å²) in [6.45, 7) is 23.8. The first kappa shape index (κ1) is 84.5. The molecule has 0 bridgehead atoms. The number of hydrogen-bond donors (Lipinski definition) is 0. The molecule has 1 radical (unpaired) electrons. The van der Waals surface area contributed by atoms with Crippen molar-refractivity contribution in [2.75, 3.05) is 0 Å². The van der Waals surface area contributed by atoms with Crippen LogP contribution in [0, 0.1) is 59.2 Å². The van der Waals surface area contributed by atoms with Gasteiger partial charge in [0, 0.05) is 0 Å². The van der Waals surface area contributed by atoms with Crippen LogP contribution in [0.4, 0.5) is 0 Å². The second kappa shape index (κ2) is 2630. The van der Waals surface area contributed by atoms with Crippen LogP contribution >= 0.6 is 24.0 Å². The first-order valence-electron chi connectivity index (χ1n) is 1.12. The molecule has 0 unspecified atom stereocenters. The van der Waals surface area contributed by atoms with E-state index in [9.17, 15) is 0 Å². The smallest absolute Gasteiger partial charge is 0.512 e. The Balaban J connectivity index is -0.00000000379. The van der Waals surface area contributed by atoms with Crippen LogP contribution in [0.2, 0.25) is 0 Å². The molecule has 0 heterocycles. The van der Waals surface area contributed by atoms with Crippen molar-refractivity contribution >= 4 is 24.0 Å². The molecule has 0 aliphatic heterocycles. The van der Waals surface area contributed by atoms with E-state index >= 15 is 0 Å². The number of hydrogen-bond acceptors (Lipinski definition) is 5. The largest absolute Gasteiger partial charge is 3.00 e. The van der Waals surface area contributed by atoms with Gasteiger partial charge in [-0.25, -0.2) is 0 Å². The van der Waals surface area contributed by atoms with Gasteiger partial charge in [0.05, 0.1) is 0 Å². The van der Waals surface area contributed by atoms with Crippen LogP contribution in [0.5, 0.6) is 0 Å². The Morgan fingerprint density at radius 1 is 0.462 bits per heavy atom. The summed E-state index contributed by atoms with van der Waals surface area (Å²) in [5, 5.41) is 31.2. The molecule has 13 heavy (non-hydrogen) atoms. The third-order valence-corrected chi connectivity index (χ3v) is 0. The van der Waals surface area contributed by atoms with Crippen LogP contribution in [0.1, 0.15) is 0 Å². The maximum atomic E-state index is 6.25. The van der Waals surface area contributed by atoms with E-state index in [-0.39, 0.29) is 60.5 Å². The van der Waals surface area contributed by atoms with Crippen molar-refractivity contribution in [2.45, 2.75) is 0 Å². The normalized spacial score (nSPS) is 0.769. The van der Waals surface area contributed by atoms with E-state index in [0.717, 1.165) is 0 Å². The molecule has 8 heteroatoms. The van der Waals surface area contributed by atoms with Crippen LogP contribution in [0.25, 0.3) is 0 Å². The van der Waals surface area contributed by atoms with Crippen LogP contribution in [0.15, 0.2) is 0 Å². The first-order valence-corrected chi connectivity index (χ1v) is 1.12. The average Bonchev–Trinajstić information content (AvgIpc) is 2.20. The minimum Gasteiger partial charge on any atom is -0.512 e. The van der Waals surface area contributed by atoms with Crippen LogP contribution < -0.4 is 0 Å². The van der Waals surface area contributed by atoms with Gasteiger partial charge in [-0.05, 0) is 0 Å². The van der Waals surface area contributed by atoms with Crippen LogP contribution in [0.3, 0.4) is 0 Å². The Kier molecular flexibility index (Phi) is 17100. The second-order valence-corrected chi connectivity index (χ2v) is 0. The third kappa shape index (κ3) is 2150. The SMILES string of the molecule is I.[C-]#N.[C-]#N.[C-]#N.[C-]#N.[C-]#N.[Fe+3].[Zn+2]. The third-order valence-electron chi connectivity index (χ3n) is 0. The fourth-order valence-electron chi connectivity index (χ4n) is 0. The molecule has 0 aromatic heterocycles. The van der Waals surface area contributed by atoms with E-state index in [4.69, 9.17) is 59.2 Å². The second-order valence-electron chi connectivity index (χ2n) is 0. The van der Waals surface area contributed by atoms with E-state index in [1.165, 1.54) is 0 Å². The summed E-state index contributed by atoms with van der Waals surface area (Å²) >= 11 is 0.